The van der Waals surface area contributed by atoms with Crippen LogP contribution in [0, 0.1) is 0 Å². The molecule has 0 rings (SSSR count). The molecule has 18 nitrogen and oxygen atoms in total. The minimum atomic E-state index is -2.44. The van der Waals surface area contributed by atoms with E-state index in [1.807, 2.05) is 0 Å². The second-order valence-corrected chi connectivity index (χ2v) is 4.58. The molecule has 0 saturated heterocycles. The summed E-state index contributed by atoms with van der Waals surface area (Å²) in [5.41, 5.74) is 0. The van der Waals surface area contributed by atoms with Crippen molar-refractivity contribution in [3.63, 3.8) is 0 Å². The molecule has 0 aliphatic rings. The van der Waals surface area contributed by atoms with Crippen LogP contribution in [0.3, 0.4) is 0 Å². The molecule has 0 amide bonds. The van der Waals surface area contributed by atoms with E-state index in [1.54, 1.807) is 0 Å². The maximum atomic E-state index is 9.63. The first-order chi connectivity index (χ1) is 13.4. The van der Waals surface area contributed by atoms with Crippen LogP contribution < -0.4 is 30.6 Å². The first-order valence-corrected chi connectivity index (χ1v) is 6.73. The van der Waals surface area contributed by atoms with Crippen LogP contribution in [-0.2, 0) is 28.8 Å². The zero-order chi connectivity index (χ0) is 24.9. The summed E-state index contributed by atoms with van der Waals surface area (Å²) in [4.78, 5) is 57.8. The number of hydrogen-bond donors (Lipinski definition) is 6. The molecular weight excluding hydrogens is 850 g/mol. The van der Waals surface area contributed by atoms with Gasteiger partial charge in [0.25, 0.3) is 0 Å². The Morgan fingerprint density at radius 2 is 0.406 bits per heavy atom. The van der Waals surface area contributed by atoms with Gasteiger partial charge in [-0.25, -0.2) is 0 Å². The van der Waals surface area contributed by atoms with Crippen LogP contribution in [0.4, 0.5) is 0 Å². The molecule has 0 heterocycles. The topological polar surface area (TPSA) is 362 Å². The average molecular weight is 862 g/mol. The minimum absolute atomic E-state index is 0. The fourth-order valence-electron chi connectivity index (χ4n) is 0.773. The van der Waals surface area contributed by atoms with Gasteiger partial charge in [-0.3, -0.25) is 0 Å². The summed E-state index contributed by atoms with van der Waals surface area (Å²) < 4.78 is 0. The third-order valence-electron chi connectivity index (χ3n) is 2.35. The molecule has 6 N–H and O–H groups in total. The van der Waals surface area contributed by atoms with Gasteiger partial charge in [0.1, 0.15) is 36.6 Å². The number of aliphatic hydroxyl groups excluding tert-OH is 6. The van der Waals surface area contributed by atoms with E-state index in [4.69, 9.17) is 30.6 Å². The van der Waals surface area contributed by atoms with Gasteiger partial charge in [-0.05, 0) is 0 Å². The first-order valence-electron chi connectivity index (χ1n) is 6.73. The Kier molecular flexibility index (Phi) is 25.4. The molecular formula is C12H12Bi2O18. The Morgan fingerprint density at radius 3 is 0.438 bits per heavy atom. The molecule has 0 spiro atoms. The number of rotatable bonds is 9. The maximum absolute atomic E-state index is 9.63. The predicted octanol–water partition coefficient (Wildman–Crippen LogP) is -15.1. The van der Waals surface area contributed by atoms with E-state index in [-0.39, 0.29) is 52.4 Å². The van der Waals surface area contributed by atoms with Crippen molar-refractivity contribution in [3.8, 4) is 0 Å². The van der Waals surface area contributed by atoms with Crippen molar-refractivity contribution in [2.45, 2.75) is 36.6 Å². The van der Waals surface area contributed by atoms with Crippen LogP contribution in [0.2, 0.25) is 0 Å². The van der Waals surface area contributed by atoms with E-state index in [2.05, 4.69) is 0 Å². The predicted molar refractivity (Wildman–Crippen MR) is 77.6 cm³/mol. The molecule has 0 fully saturated rings. The van der Waals surface area contributed by atoms with Crippen LogP contribution in [0.25, 0.3) is 0 Å². The Labute approximate surface area is 214 Å². The van der Waals surface area contributed by atoms with Gasteiger partial charge < -0.3 is 90.0 Å². The molecule has 4 radical (unpaired) electrons. The van der Waals surface area contributed by atoms with E-state index in [0.717, 1.165) is 0 Å². The van der Waals surface area contributed by atoms with Crippen LogP contribution in [0.5, 0.6) is 0 Å². The molecule has 0 aliphatic carbocycles. The summed E-state index contributed by atoms with van der Waals surface area (Å²) >= 11 is 0. The molecule has 0 saturated carbocycles. The summed E-state index contributed by atoms with van der Waals surface area (Å²) in [7, 11) is 0. The largest absolute Gasteiger partial charge is 3.00 e. The van der Waals surface area contributed by atoms with E-state index < -0.39 is 72.4 Å². The number of carbonyl (C=O) groups excluding carboxylic acids is 6. The quantitative estimate of drug-likeness (QED) is 0.117. The zero-order valence-corrected chi connectivity index (χ0v) is 21.9. The van der Waals surface area contributed by atoms with E-state index in [9.17, 15) is 59.4 Å². The van der Waals surface area contributed by atoms with Crippen molar-refractivity contribution in [2.75, 3.05) is 0 Å². The Balaban J connectivity index is -0.000000110. The molecule has 0 bridgehead atoms. The van der Waals surface area contributed by atoms with Gasteiger partial charge in [0.05, 0.1) is 35.8 Å². The second-order valence-electron chi connectivity index (χ2n) is 4.58. The second kappa shape index (κ2) is 20.0. The number of aliphatic carboxylic acids is 6. The van der Waals surface area contributed by atoms with Crippen molar-refractivity contribution < 1.29 is 90.0 Å². The van der Waals surface area contributed by atoms with Gasteiger partial charge in [0.15, 0.2) is 0 Å². The molecule has 6 atom stereocenters. The van der Waals surface area contributed by atoms with Crippen LogP contribution in [-0.4, -0.2) is 155 Å². The summed E-state index contributed by atoms with van der Waals surface area (Å²) in [6.07, 6.45) is -14.6. The Morgan fingerprint density at radius 1 is 0.344 bits per heavy atom. The summed E-state index contributed by atoms with van der Waals surface area (Å²) in [5, 5.41) is 107. The average Bonchev–Trinajstić information content (AvgIpc) is 2.64. The van der Waals surface area contributed by atoms with E-state index >= 15 is 0 Å². The summed E-state index contributed by atoms with van der Waals surface area (Å²) in [5.74, 6) is -12.4. The molecule has 6 unspecified atom stereocenters. The SMILES string of the molecule is O=C([O-])C(O)C(O)C(=O)[O-].O=C([O-])C(O)C(O)C(=O)[O-].O=C([O-])C(O)C(O)C(=O)[O-].[Bi+3].[Bi+3]. The van der Waals surface area contributed by atoms with Crippen LogP contribution in [0.15, 0.2) is 0 Å². The van der Waals surface area contributed by atoms with E-state index in [0.29, 0.717) is 0 Å². The molecule has 0 aromatic rings. The van der Waals surface area contributed by atoms with Gasteiger partial charge in [-0.2, -0.15) is 0 Å². The van der Waals surface area contributed by atoms with Gasteiger partial charge >= 0.3 is 52.4 Å². The van der Waals surface area contributed by atoms with Gasteiger partial charge in [0.2, 0.25) is 0 Å². The number of carbonyl (C=O) groups is 6. The fourth-order valence-corrected chi connectivity index (χ4v) is 0.773. The summed E-state index contributed by atoms with van der Waals surface area (Å²) in [6.45, 7) is 0. The van der Waals surface area contributed by atoms with Crippen molar-refractivity contribution >= 4 is 88.2 Å². The van der Waals surface area contributed by atoms with Gasteiger partial charge in [0, 0.05) is 0 Å². The van der Waals surface area contributed by atoms with Gasteiger partial charge in [-0.15, -0.1) is 0 Å². The monoisotopic (exact) mass is 862 g/mol. The molecule has 20 heteroatoms. The first kappa shape index (κ1) is 40.7. The Hall–Kier alpha value is -1.65. The third-order valence-corrected chi connectivity index (χ3v) is 2.35. The number of aliphatic hydroxyl groups is 6. The van der Waals surface area contributed by atoms with Crippen molar-refractivity contribution in [1.82, 2.24) is 0 Å². The van der Waals surface area contributed by atoms with Gasteiger partial charge in [-0.1, -0.05) is 0 Å². The van der Waals surface area contributed by atoms with Crippen LogP contribution >= 0.6 is 0 Å². The molecule has 32 heavy (non-hydrogen) atoms. The molecule has 0 aliphatic heterocycles. The van der Waals surface area contributed by atoms with Crippen molar-refractivity contribution in [1.29, 1.82) is 0 Å². The minimum Gasteiger partial charge on any atom is -0.547 e. The Bertz CT molecular complexity index is 498. The van der Waals surface area contributed by atoms with Crippen molar-refractivity contribution in [2.24, 2.45) is 0 Å². The molecule has 0 aromatic carbocycles. The normalized spacial score (nSPS) is 14.8. The zero-order valence-electron chi connectivity index (χ0n) is 14.9. The smallest absolute Gasteiger partial charge is 0.547 e. The number of hydrogen-bond acceptors (Lipinski definition) is 18. The molecule has 0 aromatic heterocycles. The fraction of sp³-hybridized carbons (Fsp3) is 0.500. The number of carboxylic acid groups (broad SMARTS) is 6. The maximum Gasteiger partial charge on any atom is 3.00 e. The van der Waals surface area contributed by atoms with Crippen molar-refractivity contribution in [3.05, 3.63) is 0 Å². The standard InChI is InChI=1S/3C4H6O6.2Bi/c3*5-1(3(7)8)2(6)4(9)10;;/h3*1-2,5-6H,(H,7,8)(H,9,10);;/q;;;2*+3/p-6. The van der Waals surface area contributed by atoms with E-state index in [1.165, 1.54) is 0 Å². The van der Waals surface area contributed by atoms with Crippen LogP contribution in [0.1, 0.15) is 0 Å². The third kappa shape index (κ3) is 18.0. The summed E-state index contributed by atoms with van der Waals surface area (Å²) in [6, 6.07) is 0. The molecule has 178 valence electrons. The number of carboxylic acids is 6.